The Labute approximate surface area is 69.2 Å². The molecule has 0 radical (unpaired) electrons. The van der Waals surface area contributed by atoms with Crippen molar-refractivity contribution in [1.29, 1.82) is 0 Å². The number of likely N-dealkylation sites (N-methyl/N-ethyl adjacent to an activating group) is 1. The summed E-state index contributed by atoms with van der Waals surface area (Å²) in [7, 11) is 1.96. The Bertz CT molecular complexity index is 117. The average Bonchev–Trinajstić information content (AvgIpc) is 1.99. The summed E-state index contributed by atoms with van der Waals surface area (Å²) in [5, 5.41) is 3.28. The molecule has 0 fully saturated rings. The standard InChI is InChI=1S/C8H17N3/c1-4-5-10-6-7-11(3)8-9-2/h10H,4-8H2,1,3H3. The molecule has 0 saturated carbocycles. The zero-order valence-corrected chi connectivity index (χ0v) is 7.43. The molecule has 0 unspecified atom stereocenters. The summed E-state index contributed by atoms with van der Waals surface area (Å²) in [6.07, 6.45) is 1.17. The van der Waals surface area contributed by atoms with Gasteiger partial charge in [0.2, 0.25) is 0 Å². The summed E-state index contributed by atoms with van der Waals surface area (Å²) in [6, 6.07) is 0. The van der Waals surface area contributed by atoms with E-state index < -0.39 is 0 Å². The van der Waals surface area contributed by atoms with Crippen LogP contribution in [0.2, 0.25) is 0 Å². The van der Waals surface area contributed by atoms with Gasteiger partial charge in [-0.3, -0.25) is 4.85 Å². The summed E-state index contributed by atoms with van der Waals surface area (Å²) < 4.78 is 0. The molecule has 0 aromatic carbocycles. The van der Waals surface area contributed by atoms with Gasteiger partial charge in [-0.15, -0.1) is 0 Å². The SMILES string of the molecule is [C-]#[N+]CN(C)CCNCCC. The van der Waals surface area contributed by atoms with Crippen molar-refractivity contribution in [3.63, 3.8) is 0 Å². The lowest BCUT2D eigenvalue weighted by molar-refractivity contribution is 0.364. The molecule has 0 amide bonds. The summed E-state index contributed by atoms with van der Waals surface area (Å²) in [5.74, 6) is 0. The molecule has 0 rings (SSSR count). The quantitative estimate of drug-likeness (QED) is 0.452. The van der Waals surface area contributed by atoms with E-state index in [9.17, 15) is 0 Å². The first-order valence-corrected chi connectivity index (χ1v) is 4.03. The van der Waals surface area contributed by atoms with Crippen LogP contribution in [0.5, 0.6) is 0 Å². The first-order chi connectivity index (χ1) is 5.31. The van der Waals surface area contributed by atoms with Crippen molar-refractivity contribution < 1.29 is 0 Å². The lowest BCUT2D eigenvalue weighted by Gasteiger charge is -2.09. The Morgan fingerprint density at radius 3 is 2.73 bits per heavy atom. The van der Waals surface area contributed by atoms with Crippen molar-refractivity contribution in [2.75, 3.05) is 33.4 Å². The number of rotatable bonds is 6. The highest BCUT2D eigenvalue weighted by atomic mass is 15.2. The van der Waals surface area contributed by atoms with E-state index >= 15 is 0 Å². The van der Waals surface area contributed by atoms with Crippen LogP contribution in [0.3, 0.4) is 0 Å². The Balaban J connectivity index is 3.05. The fraction of sp³-hybridized carbons (Fsp3) is 0.875. The highest BCUT2D eigenvalue weighted by Gasteiger charge is 1.96. The van der Waals surface area contributed by atoms with Crippen LogP contribution >= 0.6 is 0 Å². The van der Waals surface area contributed by atoms with Crippen molar-refractivity contribution in [3.05, 3.63) is 11.4 Å². The van der Waals surface area contributed by atoms with E-state index in [4.69, 9.17) is 6.57 Å². The smallest absolute Gasteiger partial charge is 0.270 e. The van der Waals surface area contributed by atoms with E-state index in [1.165, 1.54) is 6.42 Å². The summed E-state index contributed by atoms with van der Waals surface area (Å²) in [5.41, 5.74) is 0. The topological polar surface area (TPSA) is 19.6 Å². The molecule has 0 aromatic rings. The molecule has 1 N–H and O–H groups in total. The largest absolute Gasteiger partial charge is 0.315 e. The van der Waals surface area contributed by atoms with Crippen molar-refractivity contribution >= 4 is 0 Å². The normalized spacial score (nSPS) is 10.0. The van der Waals surface area contributed by atoms with Gasteiger partial charge in [-0.1, -0.05) is 6.92 Å². The third-order valence-electron chi connectivity index (χ3n) is 1.41. The van der Waals surface area contributed by atoms with Gasteiger partial charge >= 0.3 is 0 Å². The van der Waals surface area contributed by atoms with E-state index in [-0.39, 0.29) is 0 Å². The van der Waals surface area contributed by atoms with Crippen LogP contribution < -0.4 is 5.32 Å². The number of nitrogens with zero attached hydrogens (tertiary/aromatic N) is 2. The Morgan fingerprint density at radius 1 is 1.45 bits per heavy atom. The van der Waals surface area contributed by atoms with Crippen molar-refractivity contribution in [2.24, 2.45) is 0 Å². The first kappa shape index (κ1) is 10.4. The zero-order valence-electron chi connectivity index (χ0n) is 7.43. The van der Waals surface area contributed by atoms with Crippen LogP contribution in [0.15, 0.2) is 0 Å². The van der Waals surface area contributed by atoms with E-state index in [1.54, 1.807) is 0 Å². The fourth-order valence-corrected chi connectivity index (χ4v) is 0.763. The van der Waals surface area contributed by atoms with Crippen molar-refractivity contribution in [3.8, 4) is 0 Å². The maximum absolute atomic E-state index is 6.61. The van der Waals surface area contributed by atoms with Gasteiger partial charge in [-0.25, -0.2) is 11.5 Å². The van der Waals surface area contributed by atoms with Gasteiger partial charge < -0.3 is 5.32 Å². The minimum absolute atomic E-state index is 0.508. The van der Waals surface area contributed by atoms with Gasteiger partial charge in [0.1, 0.15) is 0 Å². The highest BCUT2D eigenvalue weighted by Crippen LogP contribution is 1.80. The fourth-order valence-electron chi connectivity index (χ4n) is 0.763. The molecular weight excluding hydrogens is 138 g/mol. The molecule has 0 heterocycles. The zero-order chi connectivity index (χ0) is 8.53. The van der Waals surface area contributed by atoms with Crippen molar-refractivity contribution in [1.82, 2.24) is 10.2 Å². The van der Waals surface area contributed by atoms with Gasteiger partial charge in [0.25, 0.3) is 6.67 Å². The van der Waals surface area contributed by atoms with Crippen LogP contribution in [-0.2, 0) is 0 Å². The monoisotopic (exact) mass is 155 g/mol. The predicted octanol–water partition coefficient (Wildman–Crippen LogP) is 0.795. The summed E-state index contributed by atoms with van der Waals surface area (Å²) in [4.78, 5) is 5.29. The molecule has 0 spiro atoms. The van der Waals surface area contributed by atoms with E-state index in [2.05, 4.69) is 17.1 Å². The molecule has 0 aliphatic carbocycles. The Kier molecular flexibility index (Phi) is 7.11. The van der Waals surface area contributed by atoms with Gasteiger partial charge in [-0.05, 0) is 20.0 Å². The average molecular weight is 155 g/mol. The van der Waals surface area contributed by atoms with Crippen LogP contribution in [0.25, 0.3) is 4.85 Å². The first-order valence-electron chi connectivity index (χ1n) is 4.03. The minimum atomic E-state index is 0.508. The number of nitrogens with one attached hydrogen (secondary N) is 1. The molecule has 64 valence electrons. The van der Waals surface area contributed by atoms with E-state index in [0.717, 1.165) is 19.6 Å². The Morgan fingerprint density at radius 2 is 2.18 bits per heavy atom. The van der Waals surface area contributed by atoms with Crippen molar-refractivity contribution in [2.45, 2.75) is 13.3 Å². The molecule has 11 heavy (non-hydrogen) atoms. The van der Waals surface area contributed by atoms with Crippen LogP contribution in [-0.4, -0.2) is 38.3 Å². The molecule has 3 heteroatoms. The maximum atomic E-state index is 6.61. The number of hydrogen-bond acceptors (Lipinski definition) is 2. The van der Waals surface area contributed by atoms with E-state index in [1.807, 2.05) is 11.9 Å². The van der Waals surface area contributed by atoms with Gasteiger partial charge in [-0.2, -0.15) is 0 Å². The second kappa shape index (κ2) is 7.52. The van der Waals surface area contributed by atoms with Gasteiger partial charge in [0, 0.05) is 13.1 Å². The lowest BCUT2D eigenvalue weighted by atomic mass is 10.4. The number of hydrogen-bond donors (Lipinski definition) is 1. The maximum Gasteiger partial charge on any atom is 0.270 e. The molecule has 0 aromatic heterocycles. The third-order valence-corrected chi connectivity index (χ3v) is 1.41. The third kappa shape index (κ3) is 7.31. The second-order valence-electron chi connectivity index (χ2n) is 2.63. The molecule has 0 aliphatic rings. The van der Waals surface area contributed by atoms with E-state index in [0.29, 0.717) is 6.67 Å². The molecule has 3 nitrogen and oxygen atoms in total. The predicted molar refractivity (Wildman–Crippen MR) is 47.3 cm³/mol. The van der Waals surface area contributed by atoms with Gasteiger partial charge in [0.05, 0.1) is 0 Å². The Hall–Kier alpha value is -0.590. The van der Waals surface area contributed by atoms with Crippen LogP contribution in [0.1, 0.15) is 13.3 Å². The summed E-state index contributed by atoms with van der Waals surface area (Å²) in [6.45, 7) is 12.3. The summed E-state index contributed by atoms with van der Waals surface area (Å²) >= 11 is 0. The van der Waals surface area contributed by atoms with Crippen LogP contribution in [0.4, 0.5) is 0 Å². The molecule has 0 bridgehead atoms. The van der Waals surface area contributed by atoms with Gasteiger partial charge in [0.15, 0.2) is 0 Å². The van der Waals surface area contributed by atoms with Crippen LogP contribution in [0, 0.1) is 6.57 Å². The minimum Gasteiger partial charge on any atom is -0.315 e. The highest BCUT2D eigenvalue weighted by molar-refractivity contribution is 4.60. The second-order valence-corrected chi connectivity index (χ2v) is 2.63. The molecule has 0 aliphatic heterocycles. The molecular formula is C8H17N3. The lowest BCUT2D eigenvalue weighted by Crippen LogP contribution is -2.29. The molecule has 0 saturated heterocycles. The molecule has 0 atom stereocenters.